The Morgan fingerprint density at radius 2 is 1.90 bits per heavy atom. The smallest absolute Gasteiger partial charge is 0.263 e. The zero-order valence-electron chi connectivity index (χ0n) is 11.9. The van der Waals surface area contributed by atoms with E-state index in [0.29, 0.717) is 5.82 Å². The molecule has 0 aliphatic rings. The molecule has 0 fully saturated rings. The monoisotopic (exact) mass is 270 g/mol. The molecule has 104 valence electrons. The molecule has 0 aliphatic heterocycles. The highest BCUT2D eigenvalue weighted by atomic mass is 16.5. The van der Waals surface area contributed by atoms with E-state index in [4.69, 9.17) is 4.74 Å². The molecular weight excluding hydrogens is 252 g/mol. The highest BCUT2D eigenvalue weighted by Gasteiger charge is 2.08. The molecule has 4 nitrogen and oxygen atoms in total. The predicted octanol–water partition coefficient (Wildman–Crippen LogP) is 3.02. The maximum atomic E-state index is 11.9. The fourth-order valence-corrected chi connectivity index (χ4v) is 1.81. The van der Waals surface area contributed by atoms with Crippen LogP contribution in [-0.2, 0) is 4.79 Å². The topological polar surface area (TPSA) is 51.2 Å². The van der Waals surface area contributed by atoms with E-state index in [-0.39, 0.29) is 12.5 Å². The average Bonchev–Trinajstić information content (AvgIpc) is 2.43. The summed E-state index contributed by atoms with van der Waals surface area (Å²) in [5.74, 6) is 1.09. The first-order valence-electron chi connectivity index (χ1n) is 6.48. The van der Waals surface area contributed by atoms with Crippen molar-refractivity contribution in [2.24, 2.45) is 0 Å². The number of anilines is 1. The Labute approximate surface area is 118 Å². The summed E-state index contributed by atoms with van der Waals surface area (Å²) in [5, 5.41) is 2.74. The predicted molar refractivity (Wildman–Crippen MR) is 79.0 cm³/mol. The Kier molecular flexibility index (Phi) is 4.35. The summed E-state index contributed by atoms with van der Waals surface area (Å²) in [6, 6.07) is 9.52. The molecule has 0 atom stereocenters. The molecule has 0 saturated carbocycles. The number of carbonyl (C=O) groups excluding carboxylic acids is 1. The highest BCUT2D eigenvalue weighted by molar-refractivity contribution is 5.91. The van der Waals surface area contributed by atoms with E-state index >= 15 is 0 Å². The quantitative estimate of drug-likeness (QED) is 0.929. The summed E-state index contributed by atoms with van der Waals surface area (Å²) in [6.45, 7) is 5.86. The summed E-state index contributed by atoms with van der Waals surface area (Å²) < 4.78 is 5.55. The van der Waals surface area contributed by atoms with Crippen LogP contribution in [0.15, 0.2) is 36.5 Å². The van der Waals surface area contributed by atoms with Crippen molar-refractivity contribution in [3.8, 4) is 5.75 Å². The molecule has 1 amide bonds. The number of amides is 1. The van der Waals surface area contributed by atoms with Crippen molar-refractivity contribution >= 4 is 11.7 Å². The number of hydrogen-bond donors (Lipinski definition) is 1. The van der Waals surface area contributed by atoms with Crippen LogP contribution in [0.4, 0.5) is 5.82 Å². The van der Waals surface area contributed by atoms with Gasteiger partial charge in [0.1, 0.15) is 11.6 Å². The number of hydrogen-bond acceptors (Lipinski definition) is 3. The van der Waals surface area contributed by atoms with Crippen LogP contribution >= 0.6 is 0 Å². The zero-order chi connectivity index (χ0) is 14.5. The largest absolute Gasteiger partial charge is 0.483 e. The minimum Gasteiger partial charge on any atom is -0.483 e. The summed E-state index contributed by atoms with van der Waals surface area (Å²) in [7, 11) is 0. The minimum absolute atomic E-state index is 0.0275. The Hall–Kier alpha value is -2.36. The molecule has 1 aromatic heterocycles. The van der Waals surface area contributed by atoms with Gasteiger partial charge in [0.2, 0.25) is 0 Å². The third kappa shape index (κ3) is 3.35. The molecule has 0 unspecified atom stereocenters. The summed E-state index contributed by atoms with van der Waals surface area (Å²) in [6.07, 6.45) is 1.65. The second kappa shape index (κ2) is 6.19. The van der Waals surface area contributed by atoms with Gasteiger partial charge in [-0.1, -0.05) is 18.2 Å². The van der Waals surface area contributed by atoms with Crippen LogP contribution in [-0.4, -0.2) is 17.5 Å². The van der Waals surface area contributed by atoms with Crippen molar-refractivity contribution in [2.75, 3.05) is 11.9 Å². The molecule has 1 heterocycles. The normalized spacial score (nSPS) is 10.2. The number of aryl methyl sites for hydroxylation is 2. The van der Waals surface area contributed by atoms with Gasteiger partial charge in [-0.3, -0.25) is 4.79 Å². The molecule has 0 spiro atoms. The van der Waals surface area contributed by atoms with Crippen molar-refractivity contribution in [3.63, 3.8) is 0 Å². The van der Waals surface area contributed by atoms with E-state index < -0.39 is 0 Å². The Bertz CT molecular complexity index is 624. The van der Waals surface area contributed by atoms with E-state index in [1.807, 2.05) is 51.1 Å². The average molecular weight is 270 g/mol. The lowest BCUT2D eigenvalue weighted by molar-refractivity contribution is -0.118. The highest BCUT2D eigenvalue weighted by Crippen LogP contribution is 2.20. The molecule has 0 bridgehead atoms. The third-order valence-corrected chi connectivity index (χ3v) is 3.18. The van der Waals surface area contributed by atoms with Crippen LogP contribution in [0, 0.1) is 20.8 Å². The number of rotatable bonds is 4. The fourth-order valence-electron chi connectivity index (χ4n) is 1.81. The molecule has 0 radical (unpaired) electrons. The molecule has 0 saturated heterocycles. The molecule has 1 N–H and O–H groups in total. The van der Waals surface area contributed by atoms with Gasteiger partial charge in [-0.2, -0.15) is 0 Å². The van der Waals surface area contributed by atoms with E-state index in [9.17, 15) is 4.79 Å². The van der Waals surface area contributed by atoms with Gasteiger partial charge in [0, 0.05) is 6.20 Å². The van der Waals surface area contributed by atoms with Crippen LogP contribution in [0.2, 0.25) is 0 Å². The molecular formula is C16H18N2O2. The van der Waals surface area contributed by atoms with Crippen LogP contribution in [0.25, 0.3) is 0 Å². The van der Waals surface area contributed by atoms with Gasteiger partial charge in [-0.15, -0.1) is 0 Å². The third-order valence-electron chi connectivity index (χ3n) is 3.18. The van der Waals surface area contributed by atoms with Crippen molar-refractivity contribution in [3.05, 3.63) is 53.2 Å². The SMILES string of the molecule is Cc1cccnc1NC(=O)COc1cccc(C)c1C. The number of benzene rings is 1. The maximum Gasteiger partial charge on any atom is 0.263 e. The second-order valence-electron chi connectivity index (χ2n) is 4.70. The number of pyridine rings is 1. The summed E-state index contributed by atoms with van der Waals surface area (Å²) in [5.41, 5.74) is 3.12. The fraction of sp³-hybridized carbons (Fsp3) is 0.250. The maximum absolute atomic E-state index is 11.9. The molecule has 0 aliphatic carbocycles. The number of carbonyl (C=O) groups is 1. The second-order valence-corrected chi connectivity index (χ2v) is 4.70. The van der Waals surface area contributed by atoms with E-state index in [1.54, 1.807) is 6.20 Å². The van der Waals surface area contributed by atoms with Crippen LogP contribution in [0.1, 0.15) is 16.7 Å². The minimum atomic E-state index is -0.215. The number of aromatic nitrogens is 1. The van der Waals surface area contributed by atoms with Crippen molar-refractivity contribution in [1.29, 1.82) is 0 Å². The molecule has 4 heteroatoms. The Balaban J connectivity index is 1.96. The number of nitrogens with one attached hydrogen (secondary N) is 1. The van der Waals surface area contributed by atoms with Gasteiger partial charge in [-0.25, -0.2) is 4.98 Å². The van der Waals surface area contributed by atoms with Crippen molar-refractivity contribution in [2.45, 2.75) is 20.8 Å². The van der Waals surface area contributed by atoms with Gasteiger partial charge in [0.05, 0.1) is 0 Å². The van der Waals surface area contributed by atoms with Crippen molar-refractivity contribution in [1.82, 2.24) is 4.98 Å². The van der Waals surface area contributed by atoms with Crippen LogP contribution in [0.3, 0.4) is 0 Å². The van der Waals surface area contributed by atoms with Gasteiger partial charge in [0.25, 0.3) is 5.91 Å². The van der Waals surface area contributed by atoms with E-state index in [2.05, 4.69) is 10.3 Å². The van der Waals surface area contributed by atoms with Crippen molar-refractivity contribution < 1.29 is 9.53 Å². The van der Waals surface area contributed by atoms with Crippen LogP contribution in [0.5, 0.6) is 5.75 Å². The zero-order valence-corrected chi connectivity index (χ0v) is 11.9. The number of ether oxygens (including phenoxy) is 1. The lowest BCUT2D eigenvalue weighted by Crippen LogP contribution is -2.21. The molecule has 2 rings (SSSR count). The Morgan fingerprint density at radius 3 is 2.65 bits per heavy atom. The molecule has 2 aromatic rings. The van der Waals surface area contributed by atoms with Gasteiger partial charge in [-0.05, 0) is 49.6 Å². The lowest BCUT2D eigenvalue weighted by Gasteiger charge is -2.11. The van der Waals surface area contributed by atoms with Gasteiger partial charge >= 0.3 is 0 Å². The molecule has 1 aromatic carbocycles. The first kappa shape index (κ1) is 14.1. The summed E-state index contributed by atoms with van der Waals surface area (Å²) >= 11 is 0. The lowest BCUT2D eigenvalue weighted by atomic mass is 10.1. The Morgan fingerprint density at radius 1 is 1.15 bits per heavy atom. The van der Waals surface area contributed by atoms with Gasteiger partial charge < -0.3 is 10.1 Å². The van der Waals surface area contributed by atoms with E-state index in [1.165, 1.54) is 0 Å². The summed E-state index contributed by atoms with van der Waals surface area (Å²) in [4.78, 5) is 16.0. The standard InChI is InChI=1S/C16H18N2O2/c1-11-6-4-8-14(13(11)3)20-10-15(19)18-16-12(2)7-5-9-17-16/h4-9H,10H2,1-3H3,(H,17,18,19). The molecule has 20 heavy (non-hydrogen) atoms. The van der Waals surface area contributed by atoms with Crippen LogP contribution < -0.4 is 10.1 Å². The van der Waals surface area contributed by atoms with Gasteiger partial charge in [0.15, 0.2) is 6.61 Å². The number of nitrogens with zero attached hydrogens (tertiary/aromatic N) is 1. The van der Waals surface area contributed by atoms with E-state index in [0.717, 1.165) is 22.4 Å². The first-order valence-corrected chi connectivity index (χ1v) is 6.48. The first-order chi connectivity index (χ1) is 9.58.